The largest absolute Gasteiger partial charge is 0.419 e. The molecule has 4 aromatic rings. The highest BCUT2D eigenvalue weighted by Crippen LogP contribution is 2.45. The highest BCUT2D eigenvalue weighted by molar-refractivity contribution is 7.23. The van der Waals surface area contributed by atoms with Gasteiger partial charge in [0.2, 0.25) is 5.91 Å². The molecule has 0 atom stereocenters. The fraction of sp³-hybridized carbons (Fsp3) is 0.346. The zero-order valence-electron chi connectivity index (χ0n) is 21.1. The van der Waals surface area contributed by atoms with Crippen LogP contribution in [-0.2, 0) is 28.7 Å². The lowest BCUT2D eigenvalue weighted by Crippen LogP contribution is -2.24. The van der Waals surface area contributed by atoms with Crippen molar-refractivity contribution in [1.82, 2.24) is 20.6 Å². The van der Waals surface area contributed by atoms with Crippen LogP contribution in [0.2, 0.25) is 0 Å². The van der Waals surface area contributed by atoms with Crippen LogP contribution in [0.1, 0.15) is 22.4 Å². The minimum atomic E-state index is -4.59. The van der Waals surface area contributed by atoms with Gasteiger partial charge in [0.05, 0.1) is 22.4 Å². The van der Waals surface area contributed by atoms with Gasteiger partial charge in [-0.1, -0.05) is 6.07 Å². The van der Waals surface area contributed by atoms with Gasteiger partial charge in [0.15, 0.2) is 0 Å². The Labute approximate surface area is 230 Å². The number of halogens is 3. The van der Waals surface area contributed by atoms with Crippen LogP contribution in [0.25, 0.3) is 31.9 Å². The van der Waals surface area contributed by atoms with E-state index in [0.29, 0.717) is 37.2 Å². The summed E-state index contributed by atoms with van der Waals surface area (Å²) in [5.74, 6) is -0.642. The van der Waals surface area contributed by atoms with Crippen LogP contribution in [0, 0.1) is 0 Å². The molecule has 0 saturated heterocycles. The number of benzene rings is 1. The third-order valence-electron chi connectivity index (χ3n) is 6.35. The molecule has 8 nitrogen and oxygen atoms in total. The zero-order valence-corrected chi connectivity index (χ0v) is 22.7. The molecule has 0 radical (unpaired) electrons. The lowest BCUT2D eigenvalue weighted by atomic mass is 10.0. The van der Waals surface area contributed by atoms with E-state index in [1.807, 2.05) is 6.07 Å². The average molecular weight is 577 g/mol. The number of hydrogen-bond donors (Lipinski definition) is 4. The zero-order chi connectivity index (χ0) is 27.6. The summed E-state index contributed by atoms with van der Waals surface area (Å²) in [6.07, 6.45) is -2.12. The number of anilines is 2. The quantitative estimate of drug-likeness (QED) is 0.210. The number of thiazole rings is 1. The fourth-order valence-electron chi connectivity index (χ4n) is 4.41. The van der Waals surface area contributed by atoms with Crippen molar-refractivity contribution in [3.63, 3.8) is 0 Å². The third-order valence-corrected chi connectivity index (χ3v) is 8.54. The molecule has 39 heavy (non-hydrogen) atoms. The van der Waals surface area contributed by atoms with Crippen molar-refractivity contribution in [1.29, 1.82) is 0 Å². The Morgan fingerprint density at radius 1 is 1.21 bits per heavy atom. The number of hydrogen-bond acceptors (Lipinski definition) is 9. The molecule has 5 N–H and O–H groups in total. The second-order valence-corrected chi connectivity index (χ2v) is 11.2. The number of nitrogen functional groups attached to an aromatic ring is 1. The number of rotatable bonds is 9. The summed E-state index contributed by atoms with van der Waals surface area (Å²) in [5, 5.41) is 11.2. The predicted molar refractivity (Wildman–Crippen MR) is 149 cm³/mol. The van der Waals surface area contributed by atoms with E-state index in [9.17, 15) is 18.0 Å². The molecule has 0 unspecified atom stereocenters. The summed E-state index contributed by atoms with van der Waals surface area (Å²) in [6.45, 7) is 3.34. The number of thiophene rings is 1. The fourth-order valence-corrected chi connectivity index (χ4v) is 6.79. The summed E-state index contributed by atoms with van der Waals surface area (Å²) >= 11 is 3.00. The maximum atomic E-state index is 13.4. The van der Waals surface area contributed by atoms with Gasteiger partial charge in [-0.15, -0.1) is 22.7 Å². The number of alkyl halides is 3. The SMILES string of the molecule is COCCNCCC(=O)Nc1sc2c(c1-c1nc3ccc(-c4cnc(N)c(C(F)(F)F)c4)cc3s1)CCNC2. The third kappa shape index (κ3) is 6.07. The summed E-state index contributed by atoms with van der Waals surface area (Å²) in [4.78, 5) is 22.5. The molecule has 1 aliphatic rings. The van der Waals surface area contributed by atoms with Gasteiger partial charge in [-0.25, -0.2) is 9.97 Å². The first-order valence-electron chi connectivity index (χ1n) is 12.3. The van der Waals surface area contributed by atoms with E-state index in [2.05, 4.69) is 20.9 Å². The van der Waals surface area contributed by atoms with E-state index in [4.69, 9.17) is 15.5 Å². The average Bonchev–Trinajstić information content (AvgIpc) is 3.48. The first-order valence-corrected chi connectivity index (χ1v) is 14.0. The number of amides is 1. The molecule has 1 aromatic carbocycles. The van der Waals surface area contributed by atoms with E-state index >= 15 is 0 Å². The van der Waals surface area contributed by atoms with E-state index in [1.54, 1.807) is 30.6 Å². The summed E-state index contributed by atoms with van der Waals surface area (Å²) in [5.41, 5.74) is 8.24. The maximum absolute atomic E-state index is 13.4. The van der Waals surface area contributed by atoms with Gasteiger partial charge >= 0.3 is 6.18 Å². The number of ether oxygens (including phenoxy) is 1. The van der Waals surface area contributed by atoms with Crippen molar-refractivity contribution < 1.29 is 22.7 Å². The molecule has 4 heterocycles. The molecule has 0 aliphatic carbocycles. The van der Waals surface area contributed by atoms with E-state index < -0.39 is 17.6 Å². The minimum Gasteiger partial charge on any atom is -0.383 e. The van der Waals surface area contributed by atoms with Crippen LogP contribution in [0.3, 0.4) is 0 Å². The molecule has 0 spiro atoms. The van der Waals surface area contributed by atoms with Crippen LogP contribution in [0.4, 0.5) is 24.0 Å². The van der Waals surface area contributed by atoms with Crippen LogP contribution < -0.4 is 21.7 Å². The number of nitrogens with zero attached hydrogens (tertiary/aromatic N) is 2. The van der Waals surface area contributed by atoms with E-state index in [-0.39, 0.29) is 5.91 Å². The number of carbonyl (C=O) groups is 1. The normalized spacial score (nSPS) is 13.5. The van der Waals surface area contributed by atoms with E-state index in [0.717, 1.165) is 56.2 Å². The Balaban J connectivity index is 1.45. The van der Waals surface area contributed by atoms with Crippen LogP contribution in [0.5, 0.6) is 0 Å². The van der Waals surface area contributed by atoms with Gasteiger partial charge in [-0.3, -0.25) is 4.79 Å². The van der Waals surface area contributed by atoms with Crippen molar-refractivity contribution >= 4 is 49.6 Å². The number of pyridine rings is 1. The van der Waals surface area contributed by atoms with Crippen molar-refractivity contribution in [3.05, 3.63) is 46.5 Å². The Morgan fingerprint density at radius 3 is 2.85 bits per heavy atom. The predicted octanol–water partition coefficient (Wildman–Crippen LogP) is 4.90. The number of carbonyl (C=O) groups excluding carboxylic acids is 1. The molecule has 0 fully saturated rings. The van der Waals surface area contributed by atoms with Crippen LogP contribution >= 0.6 is 22.7 Å². The summed E-state index contributed by atoms with van der Waals surface area (Å²) in [6, 6.07) is 6.35. The topological polar surface area (TPSA) is 114 Å². The number of aromatic nitrogens is 2. The summed E-state index contributed by atoms with van der Waals surface area (Å²) in [7, 11) is 1.63. The lowest BCUT2D eigenvalue weighted by molar-refractivity contribution is -0.137. The number of nitrogens with one attached hydrogen (secondary N) is 3. The number of nitrogens with two attached hydrogens (primary N) is 1. The Bertz CT molecular complexity index is 1500. The second kappa shape index (κ2) is 11.6. The molecular formula is C26H27F3N6O2S2. The molecule has 3 aromatic heterocycles. The van der Waals surface area contributed by atoms with Crippen LogP contribution in [-0.4, -0.2) is 49.2 Å². The summed E-state index contributed by atoms with van der Waals surface area (Å²) < 4.78 is 45.9. The second-order valence-electron chi connectivity index (χ2n) is 9.03. The Morgan fingerprint density at radius 2 is 2.05 bits per heavy atom. The molecule has 206 valence electrons. The molecule has 0 saturated carbocycles. The monoisotopic (exact) mass is 576 g/mol. The molecule has 13 heteroatoms. The Kier molecular flexibility index (Phi) is 8.14. The van der Waals surface area contributed by atoms with Crippen LogP contribution in [0.15, 0.2) is 30.5 Å². The number of fused-ring (bicyclic) bond motifs is 2. The van der Waals surface area contributed by atoms with Gasteiger partial charge in [-0.05, 0) is 42.3 Å². The standard InChI is InChI=1S/C26H27F3N6O2S2/c1-37-9-8-31-7-5-21(36)35-25-22(16-4-6-32-13-20(16)39-25)24-34-18-3-2-14(11-19(18)38-24)15-10-17(26(27,28)29)23(30)33-12-15/h2-3,10-12,31-32H,4-9,13H2,1H3,(H2,30,33)(H,35,36). The first-order chi connectivity index (χ1) is 18.7. The molecule has 0 bridgehead atoms. The maximum Gasteiger partial charge on any atom is 0.419 e. The highest BCUT2D eigenvalue weighted by Gasteiger charge is 2.34. The van der Waals surface area contributed by atoms with Crippen molar-refractivity contribution in [3.8, 4) is 21.7 Å². The van der Waals surface area contributed by atoms with Gasteiger partial charge in [-0.2, -0.15) is 13.2 Å². The van der Waals surface area contributed by atoms with Gasteiger partial charge in [0, 0.05) is 55.4 Å². The van der Waals surface area contributed by atoms with Crippen molar-refractivity contribution in [2.75, 3.05) is 44.4 Å². The Hall–Kier alpha value is -3.10. The highest BCUT2D eigenvalue weighted by atomic mass is 32.1. The minimum absolute atomic E-state index is 0.0903. The molecular weight excluding hydrogens is 549 g/mol. The van der Waals surface area contributed by atoms with E-state index in [1.165, 1.54) is 23.1 Å². The van der Waals surface area contributed by atoms with Gasteiger partial charge in [0.25, 0.3) is 0 Å². The molecule has 5 rings (SSSR count). The van der Waals surface area contributed by atoms with Gasteiger partial charge in [0.1, 0.15) is 15.8 Å². The first kappa shape index (κ1) is 27.5. The number of methoxy groups -OCH3 is 1. The lowest BCUT2D eigenvalue weighted by Gasteiger charge is -2.13. The van der Waals surface area contributed by atoms with Gasteiger partial charge < -0.3 is 26.4 Å². The smallest absolute Gasteiger partial charge is 0.383 e. The van der Waals surface area contributed by atoms with Crippen molar-refractivity contribution in [2.45, 2.75) is 25.6 Å². The molecule has 1 aliphatic heterocycles. The molecule has 1 amide bonds. The van der Waals surface area contributed by atoms with Crippen molar-refractivity contribution in [2.24, 2.45) is 0 Å².